The van der Waals surface area contributed by atoms with Gasteiger partial charge in [0, 0.05) is 16.6 Å². The molecular formula is C15H16Cl3N3O. The van der Waals surface area contributed by atoms with Gasteiger partial charge < -0.3 is 5.32 Å². The van der Waals surface area contributed by atoms with Crippen LogP contribution in [-0.2, 0) is 17.8 Å². The minimum Gasteiger partial charge on any atom is -0.354 e. The third-order valence-corrected chi connectivity index (χ3v) is 4.23. The van der Waals surface area contributed by atoms with E-state index in [0.717, 1.165) is 17.0 Å². The van der Waals surface area contributed by atoms with Gasteiger partial charge in [-0.2, -0.15) is 5.10 Å². The fourth-order valence-corrected chi connectivity index (χ4v) is 2.83. The lowest BCUT2D eigenvalue weighted by Crippen LogP contribution is -2.30. The second-order valence-electron chi connectivity index (χ2n) is 5.02. The molecule has 2 rings (SSSR count). The van der Waals surface area contributed by atoms with Crippen molar-refractivity contribution < 1.29 is 4.79 Å². The van der Waals surface area contributed by atoms with E-state index in [9.17, 15) is 4.79 Å². The monoisotopic (exact) mass is 359 g/mol. The van der Waals surface area contributed by atoms with Crippen LogP contribution in [0.5, 0.6) is 0 Å². The van der Waals surface area contributed by atoms with Crippen LogP contribution in [-0.4, -0.2) is 22.2 Å². The first-order valence-electron chi connectivity index (χ1n) is 6.78. The lowest BCUT2D eigenvalue weighted by atomic mass is 10.1. The van der Waals surface area contributed by atoms with Crippen molar-refractivity contribution in [1.82, 2.24) is 15.1 Å². The summed E-state index contributed by atoms with van der Waals surface area (Å²) < 4.78 is 1.60. The van der Waals surface area contributed by atoms with E-state index >= 15 is 0 Å². The van der Waals surface area contributed by atoms with E-state index < -0.39 is 0 Å². The Morgan fingerprint density at radius 2 is 1.82 bits per heavy atom. The molecule has 7 heteroatoms. The number of hydrogen-bond acceptors (Lipinski definition) is 2. The molecule has 0 atom stereocenters. The Labute approximate surface area is 144 Å². The van der Waals surface area contributed by atoms with Crippen LogP contribution in [0.3, 0.4) is 0 Å². The summed E-state index contributed by atoms with van der Waals surface area (Å²) in [4.78, 5) is 11.9. The smallest absolute Gasteiger partial charge is 0.241 e. The first kappa shape index (κ1) is 17.1. The molecule has 1 N–H and O–H groups in total. The van der Waals surface area contributed by atoms with E-state index in [1.165, 1.54) is 0 Å². The summed E-state index contributed by atoms with van der Waals surface area (Å²) in [5, 5.41) is 8.85. The molecule has 4 nitrogen and oxygen atoms in total. The van der Waals surface area contributed by atoms with Gasteiger partial charge in [-0.15, -0.1) is 0 Å². The number of carbonyl (C=O) groups excluding carboxylic acids is 1. The highest BCUT2D eigenvalue weighted by Crippen LogP contribution is 2.19. The van der Waals surface area contributed by atoms with E-state index in [1.807, 2.05) is 26.0 Å². The van der Waals surface area contributed by atoms with Crippen LogP contribution >= 0.6 is 34.8 Å². The average Bonchev–Trinajstić information content (AvgIpc) is 2.65. The second-order valence-corrected chi connectivity index (χ2v) is 6.27. The molecule has 0 aliphatic rings. The minimum absolute atomic E-state index is 0.115. The van der Waals surface area contributed by atoms with Crippen molar-refractivity contribution in [3.8, 4) is 0 Å². The van der Waals surface area contributed by atoms with Crippen molar-refractivity contribution in [2.45, 2.75) is 26.8 Å². The van der Waals surface area contributed by atoms with Crippen LogP contribution in [0.1, 0.15) is 17.0 Å². The van der Waals surface area contributed by atoms with Crippen molar-refractivity contribution in [2.75, 3.05) is 6.54 Å². The average molecular weight is 361 g/mol. The number of rotatable bonds is 5. The Balaban J connectivity index is 1.86. The fourth-order valence-electron chi connectivity index (χ4n) is 2.12. The van der Waals surface area contributed by atoms with Gasteiger partial charge >= 0.3 is 0 Å². The quantitative estimate of drug-likeness (QED) is 0.881. The van der Waals surface area contributed by atoms with Crippen molar-refractivity contribution in [3.63, 3.8) is 0 Å². The first-order valence-corrected chi connectivity index (χ1v) is 7.91. The molecular weight excluding hydrogens is 345 g/mol. The van der Waals surface area contributed by atoms with E-state index in [0.29, 0.717) is 28.0 Å². The molecule has 0 radical (unpaired) electrons. The highest BCUT2D eigenvalue weighted by atomic mass is 35.5. The number of nitrogens with one attached hydrogen (secondary N) is 1. The van der Waals surface area contributed by atoms with Crippen molar-refractivity contribution in [1.29, 1.82) is 0 Å². The van der Waals surface area contributed by atoms with Gasteiger partial charge in [0.25, 0.3) is 0 Å². The predicted molar refractivity (Wildman–Crippen MR) is 89.9 cm³/mol. The molecule has 0 aliphatic carbocycles. The number of carbonyl (C=O) groups is 1. The van der Waals surface area contributed by atoms with E-state index in [-0.39, 0.29) is 12.5 Å². The molecule has 0 spiro atoms. The van der Waals surface area contributed by atoms with Gasteiger partial charge in [0.05, 0.1) is 16.4 Å². The summed E-state index contributed by atoms with van der Waals surface area (Å²) in [5.74, 6) is -0.115. The van der Waals surface area contributed by atoms with Crippen LogP contribution in [0.15, 0.2) is 18.2 Å². The van der Waals surface area contributed by atoms with Crippen molar-refractivity contribution in [2.24, 2.45) is 0 Å². The van der Waals surface area contributed by atoms with Crippen LogP contribution in [0.25, 0.3) is 0 Å². The molecule has 0 aliphatic heterocycles. The maximum atomic E-state index is 11.9. The topological polar surface area (TPSA) is 46.9 Å². The number of amides is 1. The molecule has 1 aromatic carbocycles. The summed E-state index contributed by atoms with van der Waals surface area (Å²) in [6.45, 7) is 4.30. The lowest BCUT2D eigenvalue weighted by molar-refractivity contribution is -0.121. The number of benzene rings is 1. The molecule has 0 unspecified atom stereocenters. The molecule has 0 saturated heterocycles. The molecule has 118 valence electrons. The molecule has 1 heterocycles. The zero-order chi connectivity index (χ0) is 16.3. The summed E-state index contributed by atoms with van der Waals surface area (Å²) in [6.07, 6.45) is 0.657. The highest BCUT2D eigenvalue weighted by molar-refractivity contribution is 6.34. The number of aryl methyl sites for hydroxylation is 1. The summed E-state index contributed by atoms with van der Waals surface area (Å²) in [5.41, 5.74) is 2.49. The van der Waals surface area contributed by atoms with Gasteiger partial charge in [0.1, 0.15) is 6.54 Å². The number of hydrogen-bond donors (Lipinski definition) is 1. The third kappa shape index (κ3) is 4.38. The zero-order valence-corrected chi connectivity index (χ0v) is 14.6. The van der Waals surface area contributed by atoms with Gasteiger partial charge in [-0.05, 0) is 44.0 Å². The Kier molecular flexibility index (Phi) is 5.73. The standard InChI is InChI=1S/C15H16Cl3N3O/c1-9-15(18)10(2)21(20-9)8-14(22)19-4-3-11-5-12(16)7-13(17)6-11/h5-7H,3-4,8H2,1-2H3,(H,19,22). The lowest BCUT2D eigenvalue weighted by Gasteiger charge is -2.07. The van der Waals surface area contributed by atoms with Gasteiger partial charge in [-0.1, -0.05) is 34.8 Å². The van der Waals surface area contributed by atoms with Gasteiger partial charge in [-0.3, -0.25) is 9.48 Å². The minimum atomic E-state index is -0.115. The van der Waals surface area contributed by atoms with Crippen molar-refractivity contribution in [3.05, 3.63) is 50.2 Å². The van der Waals surface area contributed by atoms with E-state index in [1.54, 1.807) is 10.7 Å². The van der Waals surface area contributed by atoms with Crippen LogP contribution in [0.2, 0.25) is 15.1 Å². The van der Waals surface area contributed by atoms with E-state index in [2.05, 4.69) is 10.4 Å². The maximum Gasteiger partial charge on any atom is 0.241 e. The summed E-state index contributed by atoms with van der Waals surface area (Å²) in [7, 11) is 0. The van der Waals surface area contributed by atoms with Gasteiger partial charge in [0.15, 0.2) is 0 Å². The number of aromatic nitrogens is 2. The van der Waals surface area contributed by atoms with Gasteiger partial charge in [-0.25, -0.2) is 0 Å². The Hall–Kier alpha value is -1.23. The fraction of sp³-hybridized carbons (Fsp3) is 0.333. The zero-order valence-electron chi connectivity index (χ0n) is 12.3. The first-order chi connectivity index (χ1) is 10.4. The van der Waals surface area contributed by atoms with Crippen LogP contribution < -0.4 is 5.32 Å². The SMILES string of the molecule is Cc1nn(CC(=O)NCCc2cc(Cl)cc(Cl)c2)c(C)c1Cl. The van der Waals surface area contributed by atoms with E-state index in [4.69, 9.17) is 34.8 Å². The second kappa shape index (κ2) is 7.36. The predicted octanol–water partition coefficient (Wildman–Crippen LogP) is 3.82. The molecule has 0 saturated carbocycles. The number of halogens is 3. The summed E-state index contributed by atoms with van der Waals surface area (Å²) in [6, 6.07) is 5.35. The Morgan fingerprint density at radius 1 is 1.18 bits per heavy atom. The molecule has 22 heavy (non-hydrogen) atoms. The molecule has 1 amide bonds. The third-order valence-electron chi connectivity index (χ3n) is 3.24. The highest BCUT2D eigenvalue weighted by Gasteiger charge is 2.11. The largest absolute Gasteiger partial charge is 0.354 e. The molecule has 0 bridgehead atoms. The van der Waals surface area contributed by atoms with Crippen LogP contribution in [0, 0.1) is 13.8 Å². The number of nitrogens with zero attached hydrogens (tertiary/aromatic N) is 2. The maximum absolute atomic E-state index is 11.9. The molecule has 1 aromatic heterocycles. The summed E-state index contributed by atoms with van der Waals surface area (Å²) >= 11 is 17.9. The van der Waals surface area contributed by atoms with Crippen LogP contribution in [0.4, 0.5) is 0 Å². The van der Waals surface area contributed by atoms with Crippen molar-refractivity contribution >= 4 is 40.7 Å². The molecule has 0 fully saturated rings. The van der Waals surface area contributed by atoms with Gasteiger partial charge in [0.2, 0.25) is 5.91 Å². The normalized spacial score (nSPS) is 10.8. The Bertz CT molecular complexity index is 677. The Morgan fingerprint density at radius 3 is 2.36 bits per heavy atom. The molecule has 2 aromatic rings.